The monoisotopic (exact) mass is 275 g/mol. The molecule has 1 atom stereocenters. The predicted molar refractivity (Wildman–Crippen MR) is 75.0 cm³/mol. The zero-order valence-electron chi connectivity index (χ0n) is 12.0. The topological polar surface area (TPSA) is 68.8 Å². The molecular formula is C14H21N5O. The van der Waals surface area contributed by atoms with Crippen molar-refractivity contribution in [2.75, 3.05) is 6.54 Å². The first-order chi connectivity index (χ1) is 9.76. The quantitative estimate of drug-likeness (QED) is 0.834. The lowest BCUT2D eigenvalue weighted by Crippen LogP contribution is -2.33. The van der Waals surface area contributed by atoms with Crippen LogP contribution in [0.25, 0.3) is 11.4 Å². The SMILES string of the molecule is CCCNC(Cc1nc(-c2cnn(C)c2)no1)C1CC1. The average molecular weight is 275 g/mol. The molecular weight excluding hydrogens is 254 g/mol. The Hall–Kier alpha value is -1.69. The van der Waals surface area contributed by atoms with Crippen molar-refractivity contribution in [2.45, 2.75) is 38.6 Å². The lowest BCUT2D eigenvalue weighted by Gasteiger charge is -2.15. The molecule has 6 nitrogen and oxygen atoms in total. The molecule has 1 aliphatic rings. The highest BCUT2D eigenvalue weighted by Crippen LogP contribution is 2.34. The summed E-state index contributed by atoms with van der Waals surface area (Å²) < 4.78 is 7.12. The lowest BCUT2D eigenvalue weighted by atomic mass is 10.1. The number of aromatic nitrogens is 4. The van der Waals surface area contributed by atoms with Crippen molar-refractivity contribution in [3.8, 4) is 11.4 Å². The van der Waals surface area contributed by atoms with Gasteiger partial charge in [0.1, 0.15) is 0 Å². The van der Waals surface area contributed by atoms with Gasteiger partial charge in [-0.3, -0.25) is 4.68 Å². The van der Waals surface area contributed by atoms with Crippen LogP contribution in [0.4, 0.5) is 0 Å². The zero-order chi connectivity index (χ0) is 13.9. The highest BCUT2D eigenvalue weighted by molar-refractivity contribution is 5.50. The summed E-state index contributed by atoms with van der Waals surface area (Å²) in [7, 11) is 1.88. The molecule has 0 saturated heterocycles. The molecule has 2 aromatic heterocycles. The van der Waals surface area contributed by atoms with Crippen molar-refractivity contribution in [3.05, 3.63) is 18.3 Å². The van der Waals surface area contributed by atoms with E-state index in [0.717, 1.165) is 30.9 Å². The summed E-state index contributed by atoms with van der Waals surface area (Å²) in [4.78, 5) is 4.48. The molecule has 2 heterocycles. The Morgan fingerprint density at radius 2 is 2.35 bits per heavy atom. The Labute approximate surface area is 118 Å². The largest absolute Gasteiger partial charge is 0.339 e. The number of hydrogen-bond acceptors (Lipinski definition) is 5. The summed E-state index contributed by atoms with van der Waals surface area (Å²) in [6, 6.07) is 0.470. The summed E-state index contributed by atoms with van der Waals surface area (Å²) in [6.07, 6.45) is 8.23. The van der Waals surface area contributed by atoms with Crippen LogP contribution in [0.5, 0.6) is 0 Å². The maximum atomic E-state index is 5.38. The molecule has 0 amide bonds. The minimum Gasteiger partial charge on any atom is -0.339 e. The van der Waals surface area contributed by atoms with E-state index in [-0.39, 0.29) is 0 Å². The standard InChI is InChI=1S/C14H21N5O/c1-3-6-15-12(10-4-5-10)7-13-17-14(18-20-13)11-8-16-19(2)9-11/h8-10,12,15H,3-7H2,1-2H3. The van der Waals surface area contributed by atoms with Crippen LogP contribution in [-0.4, -0.2) is 32.5 Å². The normalized spacial score (nSPS) is 16.5. The summed E-state index contributed by atoms with van der Waals surface area (Å²) in [5.74, 6) is 2.11. The molecule has 1 aliphatic carbocycles. The first kappa shape index (κ1) is 13.3. The van der Waals surface area contributed by atoms with Crippen molar-refractivity contribution in [2.24, 2.45) is 13.0 Å². The van der Waals surface area contributed by atoms with Crippen LogP contribution >= 0.6 is 0 Å². The fourth-order valence-corrected chi connectivity index (χ4v) is 2.41. The number of aryl methyl sites for hydroxylation is 1. The summed E-state index contributed by atoms with van der Waals surface area (Å²) in [5.41, 5.74) is 0.895. The molecule has 0 radical (unpaired) electrons. The van der Waals surface area contributed by atoms with Crippen LogP contribution in [0.2, 0.25) is 0 Å². The van der Waals surface area contributed by atoms with Crippen molar-refractivity contribution in [1.29, 1.82) is 0 Å². The van der Waals surface area contributed by atoms with Gasteiger partial charge in [-0.2, -0.15) is 10.1 Å². The third-order valence-corrected chi connectivity index (χ3v) is 3.67. The van der Waals surface area contributed by atoms with E-state index in [1.807, 2.05) is 13.2 Å². The van der Waals surface area contributed by atoms with E-state index in [4.69, 9.17) is 4.52 Å². The summed E-state index contributed by atoms with van der Waals surface area (Å²) in [5, 5.41) is 11.8. The molecule has 6 heteroatoms. The van der Waals surface area contributed by atoms with Gasteiger partial charge in [0.2, 0.25) is 11.7 Å². The zero-order valence-corrected chi connectivity index (χ0v) is 12.0. The predicted octanol–water partition coefficient (Wildman–Crippen LogP) is 1.79. The number of nitrogens with zero attached hydrogens (tertiary/aromatic N) is 4. The van der Waals surface area contributed by atoms with E-state index in [1.54, 1.807) is 10.9 Å². The van der Waals surface area contributed by atoms with Gasteiger partial charge in [-0.25, -0.2) is 0 Å². The smallest absolute Gasteiger partial charge is 0.228 e. The van der Waals surface area contributed by atoms with E-state index in [1.165, 1.54) is 12.8 Å². The minimum absolute atomic E-state index is 0.470. The van der Waals surface area contributed by atoms with E-state index in [0.29, 0.717) is 17.8 Å². The minimum atomic E-state index is 0.470. The molecule has 0 aliphatic heterocycles. The van der Waals surface area contributed by atoms with Gasteiger partial charge in [-0.05, 0) is 31.7 Å². The van der Waals surface area contributed by atoms with Gasteiger partial charge >= 0.3 is 0 Å². The first-order valence-electron chi connectivity index (χ1n) is 7.31. The average Bonchev–Trinajstić information content (AvgIpc) is 3.03. The van der Waals surface area contributed by atoms with Crippen molar-refractivity contribution in [1.82, 2.24) is 25.2 Å². The van der Waals surface area contributed by atoms with Crippen LogP contribution in [-0.2, 0) is 13.5 Å². The molecule has 0 bridgehead atoms. The van der Waals surface area contributed by atoms with Gasteiger partial charge in [0.15, 0.2) is 0 Å². The second-order valence-corrected chi connectivity index (χ2v) is 5.52. The maximum Gasteiger partial charge on any atom is 0.228 e. The van der Waals surface area contributed by atoms with E-state index in [9.17, 15) is 0 Å². The van der Waals surface area contributed by atoms with Crippen molar-refractivity contribution in [3.63, 3.8) is 0 Å². The molecule has 108 valence electrons. The van der Waals surface area contributed by atoms with Gasteiger partial charge in [-0.15, -0.1) is 0 Å². The van der Waals surface area contributed by atoms with Gasteiger partial charge in [0, 0.05) is 25.7 Å². The molecule has 2 aromatic rings. The van der Waals surface area contributed by atoms with Crippen molar-refractivity contribution < 1.29 is 4.52 Å². The highest BCUT2D eigenvalue weighted by atomic mass is 16.5. The molecule has 20 heavy (non-hydrogen) atoms. The van der Waals surface area contributed by atoms with E-state index < -0.39 is 0 Å². The lowest BCUT2D eigenvalue weighted by molar-refractivity contribution is 0.346. The Kier molecular flexibility index (Phi) is 3.82. The molecule has 1 saturated carbocycles. The number of hydrogen-bond donors (Lipinski definition) is 1. The van der Waals surface area contributed by atoms with Crippen molar-refractivity contribution >= 4 is 0 Å². The second kappa shape index (κ2) is 5.75. The third-order valence-electron chi connectivity index (χ3n) is 3.67. The fourth-order valence-electron chi connectivity index (χ4n) is 2.41. The van der Waals surface area contributed by atoms with E-state index in [2.05, 4.69) is 27.5 Å². The number of rotatable bonds is 7. The fraction of sp³-hybridized carbons (Fsp3) is 0.643. The van der Waals surface area contributed by atoms with Gasteiger partial charge < -0.3 is 9.84 Å². The number of nitrogens with one attached hydrogen (secondary N) is 1. The van der Waals surface area contributed by atoms with Crippen LogP contribution in [0.3, 0.4) is 0 Å². The maximum absolute atomic E-state index is 5.38. The second-order valence-electron chi connectivity index (χ2n) is 5.52. The Balaban J connectivity index is 1.66. The molecule has 0 spiro atoms. The van der Waals surface area contributed by atoms with E-state index >= 15 is 0 Å². The Bertz CT molecular complexity index is 557. The Morgan fingerprint density at radius 3 is 3.00 bits per heavy atom. The molecule has 1 N–H and O–H groups in total. The van der Waals surface area contributed by atoms with Crippen LogP contribution in [0.1, 0.15) is 32.1 Å². The molecule has 0 aromatic carbocycles. The van der Waals surface area contributed by atoms with Crippen LogP contribution in [0.15, 0.2) is 16.9 Å². The highest BCUT2D eigenvalue weighted by Gasteiger charge is 2.32. The summed E-state index contributed by atoms with van der Waals surface area (Å²) in [6.45, 7) is 3.23. The summed E-state index contributed by atoms with van der Waals surface area (Å²) >= 11 is 0. The Morgan fingerprint density at radius 1 is 1.50 bits per heavy atom. The van der Waals surface area contributed by atoms with Gasteiger partial charge in [0.25, 0.3) is 0 Å². The first-order valence-corrected chi connectivity index (χ1v) is 7.31. The molecule has 1 unspecified atom stereocenters. The van der Waals surface area contributed by atoms with Gasteiger partial charge in [0.05, 0.1) is 11.8 Å². The van der Waals surface area contributed by atoms with Gasteiger partial charge in [-0.1, -0.05) is 12.1 Å². The third kappa shape index (κ3) is 3.07. The molecule has 3 rings (SSSR count). The molecule has 1 fully saturated rings. The van der Waals surface area contributed by atoms with Crippen LogP contribution < -0.4 is 5.32 Å². The van der Waals surface area contributed by atoms with Crippen LogP contribution in [0, 0.1) is 5.92 Å².